The van der Waals surface area contributed by atoms with Crippen molar-refractivity contribution in [2.45, 2.75) is 26.3 Å². The van der Waals surface area contributed by atoms with E-state index in [2.05, 4.69) is 11.8 Å². The average Bonchev–Trinajstić information content (AvgIpc) is 2.18. The summed E-state index contributed by atoms with van der Waals surface area (Å²) in [4.78, 5) is 15.8. The number of hydrogen-bond donors (Lipinski definition) is 1. The lowest BCUT2D eigenvalue weighted by Crippen LogP contribution is -2.52. The third-order valence-corrected chi connectivity index (χ3v) is 2.61. The van der Waals surface area contributed by atoms with Crippen molar-refractivity contribution in [1.82, 2.24) is 9.80 Å². The Morgan fingerprint density at radius 3 is 2.36 bits per heavy atom. The van der Waals surface area contributed by atoms with Gasteiger partial charge in [0, 0.05) is 26.2 Å². The van der Waals surface area contributed by atoms with Crippen molar-refractivity contribution in [3.63, 3.8) is 0 Å². The monoisotopic (exact) mass is 199 g/mol. The van der Waals surface area contributed by atoms with Gasteiger partial charge in [0.1, 0.15) is 0 Å². The highest BCUT2D eigenvalue weighted by Gasteiger charge is 2.22. The molecule has 0 spiro atoms. The minimum absolute atomic E-state index is 0.0844. The molecule has 4 nitrogen and oxygen atoms in total. The fraction of sp³-hybridized carbons (Fsp3) is 0.900. The van der Waals surface area contributed by atoms with E-state index >= 15 is 0 Å². The van der Waals surface area contributed by atoms with Crippen molar-refractivity contribution < 1.29 is 4.79 Å². The fourth-order valence-electron chi connectivity index (χ4n) is 1.80. The highest BCUT2D eigenvalue weighted by Crippen LogP contribution is 2.03. The Morgan fingerprint density at radius 1 is 1.36 bits per heavy atom. The molecule has 2 N–H and O–H groups in total. The average molecular weight is 199 g/mol. The Bertz CT molecular complexity index is 186. The number of nitrogens with zero attached hydrogens (tertiary/aromatic N) is 2. The zero-order valence-corrected chi connectivity index (χ0v) is 9.20. The Morgan fingerprint density at radius 2 is 1.93 bits per heavy atom. The maximum atomic E-state index is 11.5. The third kappa shape index (κ3) is 2.96. The molecule has 0 radical (unpaired) electrons. The maximum Gasteiger partial charge on any atom is 0.239 e. The van der Waals surface area contributed by atoms with E-state index in [0.717, 1.165) is 32.7 Å². The summed E-state index contributed by atoms with van der Waals surface area (Å²) in [5.41, 5.74) is 5.56. The van der Waals surface area contributed by atoms with E-state index in [1.165, 1.54) is 6.42 Å². The summed E-state index contributed by atoms with van der Waals surface area (Å²) < 4.78 is 0. The molecular weight excluding hydrogens is 178 g/mol. The van der Waals surface area contributed by atoms with E-state index in [0.29, 0.717) is 0 Å². The van der Waals surface area contributed by atoms with Crippen LogP contribution in [-0.2, 0) is 4.79 Å². The molecule has 0 aliphatic carbocycles. The summed E-state index contributed by atoms with van der Waals surface area (Å²) in [7, 11) is 0. The molecule has 1 aliphatic heterocycles. The van der Waals surface area contributed by atoms with Crippen LogP contribution < -0.4 is 5.73 Å². The first-order chi connectivity index (χ1) is 6.65. The molecule has 4 heteroatoms. The van der Waals surface area contributed by atoms with E-state index in [4.69, 9.17) is 5.73 Å². The number of carbonyl (C=O) groups excluding carboxylic acids is 1. The highest BCUT2D eigenvalue weighted by atomic mass is 16.2. The second-order valence-electron chi connectivity index (χ2n) is 3.96. The summed E-state index contributed by atoms with van der Waals surface area (Å²) in [6.45, 7) is 8.72. The summed E-state index contributed by atoms with van der Waals surface area (Å²) in [6.07, 6.45) is 1.18. The molecule has 1 rings (SSSR count). The molecule has 0 aromatic rings. The van der Waals surface area contributed by atoms with E-state index in [-0.39, 0.29) is 11.9 Å². The minimum atomic E-state index is -0.354. The zero-order chi connectivity index (χ0) is 10.6. The molecule has 0 bridgehead atoms. The molecule has 0 unspecified atom stereocenters. The van der Waals surface area contributed by atoms with Crippen LogP contribution >= 0.6 is 0 Å². The quantitative estimate of drug-likeness (QED) is 0.690. The Balaban J connectivity index is 2.32. The third-order valence-electron chi connectivity index (χ3n) is 2.61. The van der Waals surface area contributed by atoms with Crippen LogP contribution in [0.15, 0.2) is 0 Å². The van der Waals surface area contributed by atoms with E-state index in [9.17, 15) is 4.79 Å². The first kappa shape index (κ1) is 11.5. The van der Waals surface area contributed by atoms with Crippen LogP contribution in [0.5, 0.6) is 0 Å². The molecule has 0 aromatic carbocycles. The van der Waals surface area contributed by atoms with Crippen molar-refractivity contribution in [1.29, 1.82) is 0 Å². The largest absolute Gasteiger partial charge is 0.339 e. The van der Waals surface area contributed by atoms with Crippen molar-refractivity contribution in [3.05, 3.63) is 0 Å². The molecular formula is C10H21N3O. The number of carbonyl (C=O) groups is 1. The molecule has 1 fully saturated rings. The summed E-state index contributed by atoms with van der Waals surface area (Å²) >= 11 is 0. The second-order valence-corrected chi connectivity index (χ2v) is 3.96. The standard InChI is InChI=1S/C10H21N3O/c1-3-4-12-5-7-13(8-6-12)10(14)9(2)11/h9H,3-8,11H2,1-2H3/t9-/m1/s1. The predicted octanol–water partition coefficient (Wildman–Crippen LogP) is -0.112. The molecule has 82 valence electrons. The molecule has 1 aliphatic rings. The van der Waals surface area contributed by atoms with Gasteiger partial charge in [-0.05, 0) is 19.9 Å². The summed E-state index contributed by atoms with van der Waals surface area (Å²) in [5, 5.41) is 0. The summed E-state index contributed by atoms with van der Waals surface area (Å²) in [5.74, 6) is 0.0844. The number of amides is 1. The van der Waals surface area contributed by atoms with E-state index in [1.807, 2.05) is 4.90 Å². The van der Waals surface area contributed by atoms with Crippen molar-refractivity contribution in [2.24, 2.45) is 5.73 Å². The van der Waals surface area contributed by atoms with Crippen LogP contribution in [0.25, 0.3) is 0 Å². The van der Waals surface area contributed by atoms with Crippen LogP contribution in [0.4, 0.5) is 0 Å². The topological polar surface area (TPSA) is 49.6 Å². The molecule has 0 aromatic heterocycles. The van der Waals surface area contributed by atoms with Gasteiger partial charge >= 0.3 is 0 Å². The Labute approximate surface area is 86.0 Å². The van der Waals surface area contributed by atoms with Crippen LogP contribution in [0.2, 0.25) is 0 Å². The van der Waals surface area contributed by atoms with Gasteiger partial charge in [-0.3, -0.25) is 9.69 Å². The van der Waals surface area contributed by atoms with Crippen LogP contribution in [0.1, 0.15) is 20.3 Å². The van der Waals surface area contributed by atoms with Gasteiger partial charge in [-0.2, -0.15) is 0 Å². The first-order valence-corrected chi connectivity index (χ1v) is 5.42. The molecule has 1 heterocycles. The SMILES string of the molecule is CCCN1CCN(C(=O)[C@@H](C)N)CC1. The summed E-state index contributed by atoms with van der Waals surface area (Å²) in [6, 6.07) is -0.354. The lowest BCUT2D eigenvalue weighted by molar-refractivity contribution is -0.133. The molecule has 14 heavy (non-hydrogen) atoms. The van der Waals surface area contributed by atoms with Gasteiger partial charge < -0.3 is 10.6 Å². The number of hydrogen-bond acceptors (Lipinski definition) is 3. The van der Waals surface area contributed by atoms with Crippen LogP contribution in [0.3, 0.4) is 0 Å². The second kappa shape index (κ2) is 5.32. The van der Waals surface area contributed by atoms with Crippen molar-refractivity contribution in [2.75, 3.05) is 32.7 Å². The van der Waals surface area contributed by atoms with Gasteiger partial charge in [-0.25, -0.2) is 0 Å². The predicted molar refractivity (Wildman–Crippen MR) is 57.0 cm³/mol. The maximum absolute atomic E-state index is 11.5. The van der Waals surface area contributed by atoms with Gasteiger partial charge in [0.25, 0.3) is 0 Å². The minimum Gasteiger partial charge on any atom is -0.339 e. The molecule has 1 amide bonds. The van der Waals surface area contributed by atoms with Gasteiger partial charge in [0.15, 0.2) is 0 Å². The normalized spacial score (nSPS) is 20.9. The first-order valence-electron chi connectivity index (χ1n) is 5.42. The lowest BCUT2D eigenvalue weighted by atomic mass is 10.2. The molecule has 1 atom stereocenters. The van der Waals surface area contributed by atoms with Gasteiger partial charge in [-0.15, -0.1) is 0 Å². The van der Waals surface area contributed by atoms with Crippen molar-refractivity contribution in [3.8, 4) is 0 Å². The zero-order valence-electron chi connectivity index (χ0n) is 9.20. The van der Waals surface area contributed by atoms with Crippen LogP contribution in [0, 0.1) is 0 Å². The fourth-order valence-corrected chi connectivity index (χ4v) is 1.80. The van der Waals surface area contributed by atoms with Gasteiger partial charge in [0.2, 0.25) is 5.91 Å². The highest BCUT2D eigenvalue weighted by molar-refractivity contribution is 5.81. The Kier molecular flexibility index (Phi) is 4.35. The number of rotatable bonds is 3. The lowest BCUT2D eigenvalue weighted by Gasteiger charge is -2.35. The van der Waals surface area contributed by atoms with Gasteiger partial charge in [0.05, 0.1) is 6.04 Å². The molecule has 1 saturated heterocycles. The van der Waals surface area contributed by atoms with E-state index < -0.39 is 0 Å². The van der Waals surface area contributed by atoms with E-state index in [1.54, 1.807) is 6.92 Å². The van der Waals surface area contributed by atoms with Crippen LogP contribution in [-0.4, -0.2) is 54.5 Å². The Hall–Kier alpha value is -0.610. The smallest absolute Gasteiger partial charge is 0.239 e. The van der Waals surface area contributed by atoms with Crippen molar-refractivity contribution >= 4 is 5.91 Å². The number of nitrogens with two attached hydrogens (primary N) is 1. The number of piperazine rings is 1. The van der Waals surface area contributed by atoms with Gasteiger partial charge in [-0.1, -0.05) is 6.92 Å². The molecule has 0 saturated carbocycles.